The average molecular weight is 327 g/mol. The third-order valence-corrected chi connectivity index (χ3v) is 2.84. The van der Waals surface area contributed by atoms with Gasteiger partial charge in [-0.3, -0.25) is 4.79 Å². The number of carbonyl (C=O) groups is 1. The highest BCUT2D eigenvalue weighted by Gasteiger charge is 2.31. The van der Waals surface area contributed by atoms with E-state index in [9.17, 15) is 18.0 Å². The second-order valence-corrected chi connectivity index (χ2v) is 4.55. The first-order valence-corrected chi connectivity index (χ1v) is 6.39. The number of hydrogen-bond acceptors (Lipinski definition) is 4. The van der Waals surface area contributed by atoms with Crippen LogP contribution in [0.25, 0.3) is 11.1 Å². The molecule has 8 heteroatoms. The lowest BCUT2D eigenvalue weighted by Gasteiger charge is -2.12. The van der Waals surface area contributed by atoms with Gasteiger partial charge < -0.3 is 14.6 Å². The van der Waals surface area contributed by atoms with Crippen molar-refractivity contribution in [3.8, 4) is 22.8 Å². The maximum atomic E-state index is 12.3. The summed E-state index contributed by atoms with van der Waals surface area (Å²) in [5.74, 6) is -1.26. The van der Waals surface area contributed by atoms with Crippen LogP contribution >= 0.6 is 0 Å². The number of methoxy groups -OCH3 is 1. The lowest BCUT2D eigenvalue weighted by Crippen LogP contribution is -2.17. The SMILES string of the molecule is COc1ncc(CC(=O)O)cc1-c1cccc(OC(F)(F)F)c1. The van der Waals surface area contributed by atoms with Gasteiger partial charge in [0.15, 0.2) is 0 Å². The van der Waals surface area contributed by atoms with Crippen LogP contribution in [0.2, 0.25) is 0 Å². The van der Waals surface area contributed by atoms with E-state index in [0.717, 1.165) is 6.07 Å². The summed E-state index contributed by atoms with van der Waals surface area (Å²) in [6.07, 6.45) is -3.72. The Labute approximate surface area is 129 Å². The van der Waals surface area contributed by atoms with Crippen molar-refractivity contribution < 1.29 is 32.5 Å². The van der Waals surface area contributed by atoms with E-state index in [0.29, 0.717) is 16.7 Å². The molecule has 1 heterocycles. The van der Waals surface area contributed by atoms with E-state index in [-0.39, 0.29) is 18.1 Å². The molecular weight excluding hydrogens is 315 g/mol. The van der Waals surface area contributed by atoms with Crippen LogP contribution in [-0.4, -0.2) is 29.5 Å². The zero-order chi connectivity index (χ0) is 17.0. The maximum absolute atomic E-state index is 12.3. The smallest absolute Gasteiger partial charge is 0.481 e. The molecule has 0 unspecified atom stereocenters. The summed E-state index contributed by atoms with van der Waals surface area (Å²) in [6, 6.07) is 6.79. The van der Waals surface area contributed by atoms with Crippen molar-refractivity contribution in [2.75, 3.05) is 7.11 Å². The predicted octanol–water partition coefficient (Wildman–Crippen LogP) is 3.28. The van der Waals surface area contributed by atoms with Crippen molar-refractivity contribution in [3.05, 3.63) is 42.1 Å². The summed E-state index contributed by atoms with van der Waals surface area (Å²) in [4.78, 5) is 14.8. The molecule has 122 valence electrons. The average Bonchev–Trinajstić information content (AvgIpc) is 2.45. The Bertz CT molecular complexity index is 716. The Morgan fingerprint density at radius 3 is 2.65 bits per heavy atom. The number of ether oxygens (including phenoxy) is 2. The van der Waals surface area contributed by atoms with Crippen LogP contribution in [0.4, 0.5) is 13.2 Å². The lowest BCUT2D eigenvalue weighted by molar-refractivity contribution is -0.274. The first kappa shape index (κ1) is 16.6. The molecule has 0 spiro atoms. The Hall–Kier alpha value is -2.77. The molecule has 1 aromatic heterocycles. The zero-order valence-electron chi connectivity index (χ0n) is 11.9. The molecule has 0 aliphatic heterocycles. The minimum Gasteiger partial charge on any atom is -0.481 e. The largest absolute Gasteiger partial charge is 0.573 e. The number of carboxylic acid groups (broad SMARTS) is 1. The summed E-state index contributed by atoms with van der Waals surface area (Å²) >= 11 is 0. The number of pyridine rings is 1. The number of benzene rings is 1. The van der Waals surface area contributed by atoms with E-state index in [1.54, 1.807) is 6.07 Å². The number of alkyl halides is 3. The molecule has 0 atom stereocenters. The number of aliphatic carboxylic acids is 1. The second-order valence-electron chi connectivity index (χ2n) is 4.55. The van der Waals surface area contributed by atoms with E-state index >= 15 is 0 Å². The van der Waals surface area contributed by atoms with Crippen molar-refractivity contribution >= 4 is 5.97 Å². The fourth-order valence-corrected chi connectivity index (χ4v) is 2.00. The highest BCUT2D eigenvalue weighted by atomic mass is 19.4. The molecule has 0 aliphatic rings. The highest BCUT2D eigenvalue weighted by molar-refractivity contribution is 5.74. The molecule has 0 saturated heterocycles. The number of rotatable bonds is 5. The van der Waals surface area contributed by atoms with Gasteiger partial charge >= 0.3 is 12.3 Å². The summed E-state index contributed by atoms with van der Waals surface area (Å²) in [5.41, 5.74) is 1.14. The van der Waals surface area contributed by atoms with Gasteiger partial charge in [-0.25, -0.2) is 4.98 Å². The van der Waals surface area contributed by atoms with E-state index in [4.69, 9.17) is 9.84 Å². The van der Waals surface area contributed by atoms with Crippen LogP contribution in [0.5, 0.6) is 11.6 Å². The molecule has 23 heavy (non-hydrogen) atoms. The summed E-state index contributed by atoms with van der Waals surface area (Å²) in [7, 11) is 1.36. The first-order chi connectivity index (χ1) is 10.8. The third kappa shape index (κ3) is 4.60. The fourth-order valence-electron chi connectivity index (χ4n) is 2.00. The third-order valence-electron chi connectivity index (χ3n) is 2.84. The van der Waals surface area contributed by atoms with Gasteiger partial charge in [0.1, 0.15) is 5.75 Å². The molecule has 0 fully saturated rings. The van der Waals surface area contributed by atoms with Gasteiger partial charge in [0.2, 0.25) is 5.88 Å². The number of carboxylic acids is 1. The molecule has 1 aromatic carbocycles. The Kier molecular flexibility index (Phi) is 4.73. The van der Waals surface area contributed by atoms with Crippen molar-refractivity contribution in [2.45, 2.75) is 12.8 Å². The molecule has 0 amide bonds. The number of halogens is 3. The monoisotopic (exact) mass is 327 g/mol. The van der Waals surface area contributed by atoms with E-state index in [1.807, 2.05) is 0 Å². The van der Waals surface area contributed by atoms with Gasteiger partial charge in [-0.2, -0.15) is 0 Å². The number of aromatic nitrogens is 1. The van der Waals surface area contributed by atoms with Gasteiger partial charge in [-0.05, 0) is 29.3 Å². The van der Waals surface area contributed by atoms with Gasteiger partial charge in [0.25, 0.3) is 0 Å². The lowest BCUT2D eigenvalue weighted by atomic mass is 10.0. The topological polar surface area (TPSA) is 68.7 Å². The number of nitrogens with zero attached hydrogens (tertiary/aromatic N) is 1. The summed E-state index contributed by atoms with van der Waals surface area (Å²) in [6.45, 7) is 0. The predicted molar refractivity (Wildman–Crippen MR) is 74.2 cm³/mol. The first-order valence-electron chi connectivity index (χ1n) is 6.39. The molecule has 2 rings (SSSR count). The van der Waals surface area contributed by atoms with Crippen LogP contribution in [0, 0.1) is 0 Å². The van der Waals surface area contributed by atoms with Crippen molar-refractivity contribution in [2.24, 2.45) is 0 Å². The molecule has 0 radical (unpaired) electrons. The molecular formula is C15H12F3NO4. The molecule has 2 aromatic rings. The summed E-state index contributed by atoms with van der Waals surface area (Å²) in [5, 5.41) is 8.82. The molecule has 0 aliphatic carbocycles. The van der Waals surface area contributed by atoms with Crippen LogP contribution in [0.1, 0.15) is 5.56 Å². The molecule has 0 bridgehead atoms. The van der Waals surface area contributed by atoms with Crippen molar-refractivity contribution in [1.82, 2.24) is 4.98 Å². The minimum atomic E-state index is -4.80. The van der Waals surface area contributed by atoms with Gasteiger partial charge in [0, 0.05) is 11.8 Å². The van der Waals surface area contributed by atoms with E-state index < -0.39 is 12.3 Å². The van der Waals surface area contributed by atoms with E-state index in [2.05, 4.69) is 9.72 Å². The van der Waals surface area contributed by atoms with E-state index in [1.165, 1.54) is 31.5 Å². The van der Waals surface area contributed by atoms with Crippen LogP contribution in [0.3, 0.4) is 0 Å². The molecule has 5 nitrogen and oxygen atoms in total. The zero-order valence-corrected chi connectivity index (χ0v) is 11.9. The maximum Gasteiger partial charge on any atom is 0.573 e. The highest BCUT2D eigenvalue weighted by Crippen LogP contribution is 2.32. The van der Waals surface area contributed by atoms with Crippen LogP contribution in [0.15, 0.2) is 36.5 Å². The minimum absolute atomic E-state index is 0.170. The van der Waals surface area contributed by atoms with Gasteiger partial charge in [-0.15, -0.1) is 13.2 Å². The van der Waals surface area contributed by atoms with Crippen molar-refractivity contribution in [1.29, 1.82) is 0 Å². The van der Waals surface area contributed by atoms with Crippen molar-refractivity contribution in [3.63, 3.8) is 0 Å². The number of hydrogen-bond donors (Lipinski definition) is 1. The van der Waals surface area contributed by atoms with Gasteiger partial charge in [0.05, 0.1) is 13.5 Å². The van der Waals surface area contributed by atoms with Crippen LogP contribution in [-0.2, 0) is 11.2 Å². The Morgan fingerprint density at radius 2 is 2.04 bits per heavy atom. The molecule has 0 saturated carbocycles. The fraction of sp³-hybridized carbons (Fsp3) is 0.200. The Balaban J connectivity index is 2.43. The Morgan fingerprint density at radius 1 is 1.30 bits per heavy atom. The standard InChI is InChI=1S/C15H12F3NO4/c1-22-14-12(5-9(8-19-14)6-13(20)21)10-3-2-4-11(7-10)23-15(16,17)18/h2-5,7-8H,6H2,1H3,(H,20,21). The quantitative estimate of drug-likeness (QED) is 0.913. The van der Waals surface area contributed by atoms with Gasteiger partial charge in [-0.1, -0.05) is 12.1 Å². The second kappa shape index (κ2) is 6.55. The molecule has 1 N–H and O–H groups in total. The summed E-state index contributed by atoms with van der Waals surface area (Å²) < 4.78 is 45.9. The normalized spacial score (nSPS) is 11.1. The van der Waals surface area contributed by atoms with Crippen LogP contribution < -0.4 is 9.47 Å².